The summed E-state index contributed by atoms with van der Waals surface area (Å²) in [6.45, 7) is -1.85. The van der Waals surface area contributed by atoms with Crippen LogP contribution in [0.5, 0.6) is 0 Å². The number of hydrogen-bond acceptors (Lipinski definition) is 5. The number of carbonyl (C=O) groups excluding carboxylic acids is 1. The largest absolute Gasteiger partial charge is 0.394 e. The van der Waals surface area contributed by atoms with Crippen LogP contribution in [0.15, 0.2) is 23.1 Å². The van der Waals surface area contributed by atoms with Crippen molar-refractivity contribution in [1.29, 1.82) is 0 Å². The third-order valence-electron chi connectivity index (χ3n) is 2.32. The molecule has 1 aromatic heterocycles. The molecular formula is C10H14N2O5. The van der Waals surface area contributed by atoms with E-state index in [1.807, 2.05) is 0 Å². The molecule has 0 atom stereocenters. The zero-order chi connectivity index (χ0) is 12.9. The highest BCUT2D eigenvalue weighted by atomic mass is 16.3. The maximum Gasteiger partial charge on any atom is 0.252 e. The molecule has 0 saturated carbocycles. The van der Waals surface area contributed by atoms with Crippen LogP contribution in [0.25, 0.3) is 0 Å². The van der Waals surface area contributed by atoms with Crippen LogP contribution in [-0.2, 0) is 0 Å². The highest BCUT2D eigenvalue weighted by molar-refractivity contribution is 5.94. The van der Waals surface area contributed by atoms with E-state index in [1.54, 1.807) is 0 Å². The second-order valence-corrected chi connectivity index (χ2v) is 3.65. The molecule has 0 fully saturated rings. The first-order valence-electron chi connectivity index (χ1n) is 4.91. The van der Waals surface area contributed by atoms with Crippen LogP contribution in [-0.4, -0.2) is 51.6 Å². The molecular weight excluding hydrogens is 228 g/mol. The third-order valence-corrected chi connectivity index (χ3v) is 2.32. The smallest absolute Gasteiger partial charge is 0.252 e. The van der Waals surface area contributed by atoms with Crippen LogP contribution in [0.2, 0.25) is 0 Å². The number of aliphatic hydroxyl groups is 3. The van der Waals surface area contributed by atoms with Crippen molar-refractivity contribution in [3.8, 4) is 0 Å². The maximum atomic E-state index is 11.7. The van der Waals surface area contributed by atoms with Crippen LogP contribution in [0, 0.1) is 0 Å². The molecule has 1 aromatic rings. The fraction of sp³-hybridized carbons (Fsp3) is 0.400. The molecule has 0 spiro atoms. The second kappa shape index (κ2) is 5.58. The van der Waals surface area contributed by atoms with Crippen LogP contribution in [0.4, 0.5) is 0 Å². The van der Waals surface area contributed by atoms with Gasteiger partial charge in [-0.15, -0.1) is 0 Å². The molecule has 94 valence electrons. The van der Waals surface area contributed by atoms with E-state index in [1.165, 1.54) is 12.3 Å². The third kappa shape index (κ3) is 3.13. The number of carbonyl (C=O) groups is 1. The molecule has 0 aliphatic heterocycles. The average molecular weight is 242 g/mol. The van der Waals surface area contributed by atoms with Crippen LogP contribution < -0.4 is 10.9 Å². The van der Waals surface area contributed by atoms with E-state index in [4.69, 9.17) is 15.3 Å². The fourth-order valence-corrected chi connectivity index (χ4v) is 1.17. The molecule has 0 aliphatic rings. The molecule has 7 nitrogen and oxygen atoms in total. The Bertz CT molecular complexity index is 430. The van der Waals surface area contributed by atoms with E-state index in [-0.39, 0.29) is 5.56 Å². The summed E-state index contributed by atoms with van der Waals surface area (Å²) in [7, 11) is 0. The standard InChI is InChI=1S/C10H14N2O5/c13-4-10(5-14,6-15)12-9(17)7-1-2-11-8(16)3-7/h1-3,13-15H,4-6H2,(H,11,16)(H,12,17). The number of nitrogens with one attached hydrogen (secondary N) is 2. The molecule has 0 unspecified atom stereocenters. The van der Waals surface area contributed by atoms with Gasteiger partial charge in [-0.25, -0.2) is 0 Å². The molecule has 1 amide bonds. The van der Waals surface area contributed by atoms with Crippen molar-refractivity contribution < 1.29 is 20.1 Å². The minimum atomic E-state index is -1.50. The highest BCUT2D eigenvalue weighted by Crippen LogP contribution is 2.04. The van der Waals surface area contributed by atoms with Gasteiger partial charge in [-0.3, -0.25) is 9.59 Å². The van der Waals surface area contributed by atoms with E-state index in [2.05, 4.69) is 10.3 Å². The Morgan fingerprint density at radius 3 is 2.35 bits per heavy atom. The fourth-order valence-electron chi connectivity index (χ4n) is 1.17. The van der Waals surface area contributed by atoms with Crippen LogP contribution in [0.1, 0.15) is 10.4 Å². The Labute approximate surface area is 96.7 Å². The molecule has 0 saturated heterocycles. The van der Waals surface area contributed by atoms with Gasteiger partial charge in [0.15, 0.2) is 0 Å². The Kier molecular flexibility index (Phi) is 4.38. The van der Waals surface area contributed by atoms with Gasteiger partial charge in [0.25, 0.3) is 5.91 Å². The average Bonchev–Trinajstić information content (AvgIpc) is 2.36. The number of rotatable bonds is 5. The van der Waals surface area contributed by atoms with E-state index in [0.717, 1.165) is 6.07 Å². The van der Waals surface area contributed by atoms with Gasteiger partial charge in [0.05, 0.1) is 19.8 Å². The summed E-state index contributed by atoms with van der Waals surface area (Å²) in [4.78, 5) is 25.0. The normalized spacial score (nSPS) is 11.2. The van der Waals surface area contributed by atoms with Gasteiger partial charge in [0, 0.05) is 17.8 Å². The summed E-state index contributed by atoms with van der Waals surface area (Å²) in [5.74, 6) is -0.659. The molecule has 7 heteroatoms. The maximum absolute atomic E-state index is 11.7. The van der Waals surface area contributed by atoms with Crippen molar-refractivity contribution >= 4 is 5.91 Å². The summed E-state index contributed by atoms with van der Waals surface area (Å²) in [6.07, 6.45) is 1.30. The number of aromatic nitrogens is 1. The predicted octanol–water partition coefficient (Wildman–Crippen LogP) is -2.18. The monoisotopic (exact) mass is 242 g/mol. The molecule has 5 N–H and O–H groups in total. The van der Waals surface area contributed by atoms with Crippen LogP contribution >= 0.6 is 0 Å². The van der Waals surface area contributed by atoms with E-state index >= 15 is 0 Å². The van der Waals surface area contributed by atoms with Crippen molar-refractivity contribution in [3.63, 3.8) is 0 Å². The first kappa shape index (κ1) is 13.4. The number of hydrogen-bond donors (Lipinski definition) is 5. The van der Waals surface area contributed by atoms with Crippen molar-refractivity contribution in [2.45, 2.75) is 5.54 Å². The summed E-state index contributed by atoms with van der Waals surface area (Å²) in [6, 6.07) is 2.44. The minimum absolute atomic E-state index is 0.0773. The van der Waals surface area contributed by atoms with E-state index in [9.17, 15) is 9.59 Å². The number of aromatic amines is 1. The van der Waals surface area contributed by atoms with Crippen molar-refractivity contribution in [2.75, 3.05) is 19.8 Å². The predicted molar refractivity (Wildman–Crippen MR) is 58.5 cm³/mol. The summed E-state index contributed by atoms with van der Waals surface area (Å²) in [5.41, 5.74) is -1.87. The zero-order valence-electron chi connectivity index (χ0n) is 9.01. The molecule has 0 aliphatic carbocycles. The zero-order valence-corrected chi connectivity index (χ0v) is 9.01. The topological polar surface area (TPSA) is 123 Å². The molecule has 0 radical (unpaired) electrons. The Balaban J connectivity index is 2.88. The van der Waals surface area contributed by atoms with Gasteiger partial charge in [0.1, 0.15) is 5.54 Å². The lowest BCUT2D eigenvalue weighted by Crippen LogP contribution is -2.57. The molecule has 17 heavy (non-hydrogen) atoms. The van der Waals surface area contributed by atoms with Gasteiger partial charge < -0.3 is 25.6 Å². The quantitative estimate of drug-likeness (QED) is 0.402. The van der Waals surface area contributed by atoms with Gasteiger partial charge in [0.2, 0.25) is 5.56 Å². The second-order valence-electron chi connectivity index (χ2n) is 3.65. The molecule has 0 bridgehead atoms. The summed E-state index contributed by atoms with van der Waals surface area (Å²) < 4.78 is 0. The Hall–Kier alpha value is -1.70. The van der Waals surface area contributed by atoms with E-state index in [0.29, 0.717) is 0 Å². The Morgan fingerprint density at radius 2 is 1.88 bits per heavy atom. The summed E-state index contributed by atoms with van der Waals surface area (Å²) in [5, 5.41) is 29.4. The van der Waals surface area contributed by atoms with Crippen molar-refractivity contribution in [3.05, 3.63) is 34.2 Å². The lowest BCUT2D eigenvalue weighted by molar-refractivity contribution is 0.0375. The van der Waals surface area contributed by atoms with Gasteiger partial charge in [-0.05, 0) is 6.07 Å². The SMILES string of the molecule is O=C(NC(CO)(CO)CO)c1cc[nH]c(=O)c1. The van der Waals surface area contributed by atoms with Gasteiger partial charge in [-0.1, -0.05) is 0 Å². The lowest BCUT2D eigenvalue weighted by Gasteiger charge is -2.28. The Morgan fingerprint density at radius 1 is 1.29 bits per heavy atom. The van der Waals surface area contributed by atoms with Crippen molar-refractivity contribution in [1.82, 2.24) is 10.3 Å². The minimum Gasteiger partial charge on any atom is -0.394 e. The first-order chi connectivity index (χ1) is 8.06. The highest BCUT2D eigenvalue weighted by Gasteiger charge is 2.30. The van der Waals surface area contributed by atoms with Gasteiger partial charge in [-0.2, -0.15) is 0 Å². The molecule has 1 heterocycles. The molecule has 0 aromatic carbocycles. The number of aliphatic hydroxyl groups excluding tert-OH is 3. The van der Waals surface area contributed by atoms with Gasteiger partial charge >= 0.3 is 0 Å². The lowest BCUT2D eigenvalue weighted by atomic mass is 10.0. The number of H-pyrrole nitrogens is 1. The molecule has 1 rings (SSSR count). The summed E-state index contributed by atoms with van der Waals surface area (Å²) >= 11 is 0. The van der Waals surface area contributed by atoms with Crippen LogP contribution in [0.3, 0.4) is 0 Å². The number of pyridine rings is 1. The first-order valence-corrected chi connectivity index (χ1v) is 4.91. The van der Waals surface area contributed by atoms with E-state index < -0.39 is 36.8 Å². The van der Waals surface area contributed by atoms with Crippen molar-refractivity contribution in [2.24, 2.45) is 0 Å². The number of amides is 1.